The van der Waals surface area contributed by atoms with Gasteiger partial charge in [0.2, 0.25) is 0 Å². The molecule has 0 aromatic heterocycles. The molecule has 1 saturated heterocycles. The molecule has 0 spiro atoms. The van der Waals surface area contributed by atoms with E-state index in [0.717, 1.165) is 12.8 Å². The summed E-state index contributed by atoms with van der Waals surface area (Å²) in [5.74, 6) is 0. The third-order valence-corrected chi connectivity index (χ3v) is 7.41. The molecule has 8 heteroatoms. The highest BCUT2D eigenvalue weighted by Crippen LogP contribution is 2.43. The van der Waals surface area contributed by atoms with Crippen molar-refractivity contribution in [2.75, 3.05) is 54.1 Å². The summed E-state index contributed by atoms with van der Waals surface area (Å²) in [4.78, 5) is 9.94. The molecule has 1 aliphatic rings. The molecule has 0 aromatic carbocycles. The molecule has 0 radical (unpaired) electrons. The van der Waals surface area contributed by atoms with E-state index in [2.05, 4.69) is 6.92 Å². The molecule has 1 rings (SSSR count). The van der Waals surface area contributed by atoms with Gasteiger partial charge in [-0.2, -0.15) is 0 Å². The van der Waals surface area contributed by atoms with Gasteiger partial charge in [0.25, 0.3) is 0 Å². The number of hydrogen-bond acceptors (Lipinski definition) is 5. The van der Waals surface area contributed by atoms with E-state index in [1.165, 1.54) is 83.5 Å². The number of phosphoric ester groups is 1. The molecule has 1 aliphatic heterocycles. The SMILES string of the molecule is CCCCCCCCCCCCCCCC[C@@H]1OCCO[C@H]1COP(=O)(O)OCC[N+](C)(C)C. The molecular formula is C26H55NO6P+. The third kappa shape index (κ3) is 18.3. The van der Waals surface area contributed by atoms with E-state index in [4.69, 9.17) is 18.5 Å². The zero-order valence-electron chi connectivity index (χ0n) is 22.7. The van der Waals surface area contributed by atoms with E-state index < -0.39 is 7.82 Å². The number of quaternary nitrogens is 1. The summed E-state index contributed by atoms with van der Waals surface area (Å²) in [6.07, 6.45) is 19.2. The van der Waals surface area contributed by atoms with Crippen LogP contribution in [0.5, 0.6) is 0 Å². The van der Waals surface area contributed by atoms with Crippen LogP contribution in [0, 0.1) is 0 Å². The van der Waals surface area contributed by atoms with Gasteiger partial charge in [0.05, 0.1) is 47.1 Å². The number of rotatable bonds is 22. The quantitative estimate of drug-likeness (QED) is 0.102. The van der Waals surface area contributed by atoms with Crippen LogP contribution in [0.25, 0.3) is 0 Å². The summed E-state index contributed by atoms with van der Waals surface area (Å²) < 4.78 is 34.8. The maximum atomic E-state index is 12.2. The van der Waals surface area contributed by atoms with E-state index in [9.17, 15) is 9.46 Å². The first kappa shape index (κ1) is 32.0. The molecule has 0 saturated carbocycles. The number of hydrogen-bond donors (Lipinski definition) is 1. The van der Waals surface area contributed by atoms with Crippen LogP contribution in [0.2, 0.25) is 0 Å². The Morgan fingerprint density at radius 1 is 0.765 bits per heavy atom. The molecule has 7 nitrogen and oxygen atoms in total. The monoisotopic (exact) mass is 508 g/mol. The Hall–Kier alpha value is -0.0100. The summed E-state index contributed by atoms with van der Waals surface area (Å²) in [5.41, 5.74) is 0. The van der Waals surface area contributed by atoms with Crippen molar-refractivity contribution in [2.45, 2.75) is 115 Å². The van der Waals surface area contributed by atoms with Crippen molar-refractivity contribution in [3.8, 4) is 0 Å². The zero-order valence-corrected chi connectivity index (χ0v) is 23.6. The summed E-state index contributed by atoms with van der Waals surface area (Å²) >= 11 is 0. The van der Waals surface area contributed by atoms with Crippen LogP contribution in [0.1, 0.15) is 103 Å². The fourth-order valence-electron chi connectivity index (χ4n) is 4.21. The molecule has 0 aliphatic carbocycles. The smallest absolute Gasteiger partial charge is 0.373 e. The van der Waals surface area contributed by atoms with Gasteiger partial charge in [0.1, 0.15) is 19.3 Å². The second-order valence-corrected chi connectivity index (χ2v) is 12.3. The molecular weight excluding hydrogens is 453 g/mol. The average molecular weight is 509 g/mol. The van der Waals surface area contributed by atoms with Crippen LogP contribution < -0.4 is 0 Å². The Morgan fingerprint density at radius 2 is 1.24 bits per heavy atom. The molecule has 204 valence electrons. The Morgan fingerprint density at radius 3 is 1.74 bits per heavy atom. The van der Waals surface area contributed by atoms with Crippen LogP contribution in [0.4, 0.5) is 0 Å². The minimum atomic E-state index is -4.08. The molecule has 0 amide bonds. The number of likely N-dealkylation sites (N-methyl/N-ethyl adjacent to an activating group) is 1. The van der Waals surface area contributed by atoms with Gasteiger partial charge < -0.3 is 18.9 Å². The summed E-state index contributed by atoms with van der Waals surface area (Å²) in [6.45, 7) is 4.13. The van der Waals surface area contributed by atoms with Crippen LogP contribution in [0.15, 0.2) is 0 Å². The molecule has 34 heavy (non-hydrogen) atoms. The molecule has 1 N–H and O–H groups in total. The van der Waals surface area contributed by atoms with Gasteiger partial charge in [-0.1, -0.05) is 96.8 Å². The molecule has 0 aromatic rings. The first-order valence-electron chi connectivity index (χ1n) is 13.9. The van der Waals surface area contributed by atoms with Crippen molar-refractivity contribution < 1.29 is 32.5 Å². The lowest BCUT2D eigenvalue weighted by molar-refractivity contribution is -0.870. The molecule has 0 bridgehead atoms. The van der Waals surface area contributed by atoms with Gasteiger partial charge in [-0.15, -0.1) is 0 Å². The highest BCUT2D eigenvalue weighted by atomic mass is 31.2. The van der Waals surface area contributed by atoms with Gasteiger partial charge in [0, 0.05) is 0 Å². The van der Waals surface area contributed by atoms with Crippen molar-refractivity contribution in [1.82, 2.24) is 0 Å². The lowest BCUT2D eigenvalue weighted by Gasteiger charge is -2.32. The number of nitrogens with zero attached hydrogens (tertiary/aromatic N) is 1. The lowest BCUT2D eigenvalue weighted by Crippen LogP contribution is -2.41. The standard InChI is InChI=1S/C26H54NO6P/c1-5-6-7-8-9-10-11-12-13-14-15-16-17-18-19-25-26(31-23-22-30-25)24-33-34(28,29)32-21-20-27(2,3)4/h25-26H,5-24H2,1-4H3/p+1/t25-,26-/m0/s1. The maximum Gasteiger partial charge on any atom is 0.472 e. The maximum absolute atomic E-state index is 12.2. The second kappa shape index (κ2) is 19.1. The Kier molecular flexibility index (Phi) is 18.0. The largest absolute Gasteiger partial charge is 0.472 e. The fraction of sp³-hybridized carbons (Fsp3) is 1.00. The first-order chi connectivity index (χ1) is 16.2. The van der Waals surface area contributed by atoms with Gasteiger partial charge in [0.15, 0.2) is 0 Å². The third-order valence-electron chi connectivity index (χ3n) is 6.42. The molecule has 1 heterocycles. The summed E-state index contributed by atoms with van der Waals surface area (Å²) in [7, 11) is 1.93. The molecule has 3 atom stereocenters. The minimum absolute atomic E-state index is 0.0153. The zero-order chi connectivity index (χ0) is 25.1. The van der Waals surface area contributed by atoms with Gasteiger partial charge in [-0.3, -0.25) is 9.05 Å². The van der Waals surface area contributed by atoms with E-state index >= 15 is 0 Å². The van der Waals surface area contributed by atoms with Crippen LogP contribution in [-0.4, -0.2) is 75.7 Å². The predicted octanol–water partition coefficient (Wildman–Crippen LogP) is 6.48. The summed E-state index contributed by atoms with van der Waals surface area (Å²) in [5, 5.41) is 0. The van der Waals surface area contributed by atoms with E-state index in [0.29, 0.717) is 24.2 Å². The predicted molar refractivity (Wildman–Crippen MR) is 139 cm³/mol. The first-order valence-corrected chi connectivity index (χ1v) is 15.4. The minimum Gasteiger partial charge on any atom is -0.373 e. The highest BCUT2D eigenvalue weighted by Gasteiger charge is 2.31. The van der Waals surface area contributed by atoms with E-state index in [-0.39, 0.29) is 25.4 Å². The van der Waals surface area contributed by atoms with Crippen molar-refractivity contribution in [3.63, 3.8) is 0 Å². The Labute approximate surface area is 210 Å². The molecule has 1 unspecified atom stereocenters. The number of ether oxygens (including phenoxy) is 2. The van der Waals surface area contributed by atoms with Crippen molar-refractivity contribution in [3.05, 3.63) is 0 Å². The summed E-state index contributed by atoms with van der Waals surface area (Å²) in [6, 6.07) is 0. The lowest BCUT2D eigenvalue weighted by atomic mass is 10.0. The second-order valence-electron chi connectivity index (χ2n) is 10.8. The van der Waals surface area contributed by atoms with Crippen molar-refractivity contribution in [2.24, 2.45) is 0 Å². The average Bonchev–Trinajstić information content (AvgIpc) is 2.77. The normalized spacial score (nSPS) is 21.0. The van der Waals surface area contributed by atoms with E-state index in [1.54, 1.807) is 0 Å². The highest BCUT2D eigenvalue weighted by molar-refractivity contribution is 7.47. The number of phosphoric acid groups is 1. The van der Waals surface area contributed by atoms with Crippen LogP contribution >= 0.6 is 7.82 Å². The Balaban J connectivity index is 2.06. The van der Waals surface area contributed by atoms with Gasteiger partial charge >= 0.3 is 7.82 Å². The van der Waals surface area contributed by atoms with Gasteiger partial charge in [-0.25, -0.2) is 4.57 Å². The van der Waals surface area contributed by atoms with Crippen LogP contribution in [-0.2, 0) is 23.1 Å². The topological polar surface area (TPSA) is 74.2 Å². The van der Waals surface area contributed by atoms with Crippen molar-refractivity contribution >= 4 is 7.82 Å². The van der Waals surface area contributed by atoms with Crippen molar-refractivity contribution in [1.29, 1.82) is 0 Å². The fourth-order valence-corrected chi connectivity index (χ4v) is 4.94. The number of unbranched alkanes of at least 4 members (excludes halogenated alkanes) is 13. The Bertz CT molecular complexity index is 528. The molecule has 1 fully saturated rings. The van der Waals surface area contributed by atoms with Crippen LogP contribution in [0.3, 0.4) is 0 Å². The van der Waals surface area contributed by atoms with Gasteiger partial charge in [-0.05, 0) is 6.42 Å². The van der Waals surface area contributed by atoms with E-state index in [1.807, 2.05) is 21.1 Å².